The number of benzene rings is 2. The van der Waals surface area contributed by atoms with E-state index < -0.39 is 11.7 Å². The summed E-state index contributed by atoms with van der Waals surface area (Å²) in [5.74, 6) is 0.342. The van der Waals surface area contributed by atoms with Crippen LogP contribution in [0.2, 0.25) is 0 Å². The second-order valence-corrected chi connectivity index (χ2v) is 6.11. The summed E-state index contributed by atoms with van der Waals surface area (Å²) in [4.78, 5) is 12.0. The molecule has 3 rings (SSSR count). The molecule has 1 atom stereocenters. The molecule has 1 aliphatic rings. The van der Waals surface area contributed by atoms with Crippen molar-refractivity contribution in [3.8, 4) is 5.75 Å². The number of halogens is 3. The lowest BCUT2D eigenvalue weighted by molar-refractivity contribution is -0.138. The fourth-order valence-corrected chi connectivity index (χ4v) is 2.86. The zero-order valence-electron chi connectivity index (χ0n) is 14.0. The van der Waals surface area contributed by atoms with E-state index in [1.807, 2.05) is 0 Å². The molecule has 1 amide bonds. The van der Waals surface area contributed by atoms with Crippen molar-refractivity contribution in [3.05, 3.63) is 59.7 Å². The minimum Gasteiger partial charge on any atom is -0.489 e. The van der Waals surface area contributed by atoms with Crippen molar-refractivity contribution in [3.63, 3.8) is 0 Å². The van der Waals surface area contributed by atoms with Crippen molar-refractivity contribution in [2.45, 2.75) is 31.7 Å². The van der Waals surface area contributed by atoms with E-state index >= 15 is 0 Å². The first-order chi connectivity index (χ1) is 12.4. The molecule has 1 aliphatic heterocycles. The molecule has 7 heteroatoms. The largest absolute Gasteiger partial charge is 0.489 e. The number of carbonyl (C=O) groups is 1. The zero-order chi connectivity index (χ0) is 18.6. The lowest BCUT2D eigenvalue weighted by atomic mass is 10.1. The molecule has 138 valence electrons. The van der Waals surface area contributed by atoms with Crippen molar-refractivity contribution in [2.75, 3.05) is 11.9 Å². The van der Waals surface area contributed by atoms with Crippen LogP contribution in [-0.2, 0) is 17.6 Å². The molecule has 0 spiro atoms. The Morgan fingerprint density at radius 1 is 1.15 bits per heavy atom. The third-order valence-electron chi connectivity index (χ3n) is 4.22. The van der Waals surface area contributed by atoms with Gasteiger partial charge >= 0.3 is 6.18 Å². The molecular weight excluding hydrogens is 345 g/mol. The first kappa shape index (κ1) is 18.3. The zero-order valence-corrected chi connectivity index (χ0v) is 14.0. The lowest BCUT2D eigenvalue weighted by Crippen LogP contribution is -2.35. The maximum absolute atomic E-state index is 13.0. The predicted molar refractivity (Wildman–Crippen MR) is 91.9 cm³/mol. The van der Waals surface area contributed by atoms with Crippen LogP contribution in [0.4, 0.5) is 18.9 Å². The molecule has 0 aromatic heterocycles. The number of ether oxygens (including phenoxy) is 1. The second kappa shape index (κ2) is 7.78. The van der Waals surface area contributed by atoms with Crippen LogP contribution in [-0.4, -0.2) is 18.5 Å². The summed E-state index contributed by atoms with van der Waals surface area (Å²) in [5, 5.41) is 5.92. The summed E-state index contributed by atoms with van der Waals surface area (Å²) in [6.45, 7) is 0.650. The van der Waals surface area contributed by atoms with E-state index in [4.69, 9.17) is 4.74 Å². The minimum absolute atomic E-state index is 0.0738. The van der Waals surface area contributed by atoms with Gasteiger partial charge in [0.15, 0.2) is 0 Å². The molecule has 2 aromatic carbocycles. The van der Waals surface area contributed by atoms with Crippen LogP contribution < -0.4 is 15.4 Å². The Kier molecular flexibility index (Phi) is 5.46. The van der Waals surface area contributed by atoms with Crippen LogP contribution in [0, 0.1) is 0 Å². The Labute approximate surface area is 149 Å². The van der Waals surface area contributed by atoms with Gasteiger partial charge in [-0.2, -0.15) is 13.2 Å². The topological polar surface area (TPSA) is 50.4 Å². The van der Waals surface area contributed by atoms with Crippen molar-refractivity contribution in [2.24, 2.45) is 0 Å². The molecular formula is C19H19F3N2O2. The van der Waals surface area contributed by atoms with Gasteiger partial charge in [0.25, 0.3) is 0 Å². The van der Waals surface area contributed by atoms with Gasteiger partial charge in [-0.05, 0) is 49.7 Å². The highest BCUT2D eigenvalue weighted by molar-refractivity contribution is 5.95. The highest BCUT2D eigenvalue weighted by atomic mass is 19.4. The van der Waals surface area contributed by atoms with Crippen molar-refractivity contribution in [1.82, 2.24) is 5.32 Å². The highest BCUT2D eigenvalue weighted by Crippen LogP contribution is 2.32. The molecule has 2 aromatic rings. The number of alkyl halides is 3. The van der Waals surface area contributed by atoms with Crippen LogP contribution in [0.1, 0.15) is 24.0 Å². The molecule has 26 heavy (non-hydrogen) atoms. The van der Waals surface area contributed by atoms with Gasteiger partial charge in [0, 0.05) is 11.3 Å². The summed E-state index contributed by atoms with van der Waals surface area (Å²) in [6, 6.07) is 11.7. The first-order valence-electron chi connectivity index (χ1n) is 8.36. The lowest BCUT2D eigenvalue weighted by Gasteiger charge is -2.14. The average molecular weight is 364 g/mol. The Balaban J connectivity index is 1.59. The molecule has 1 unspecified atom stereocenters. The maximum atomic E-state index is 13.0. The molecule has 1 heterocycles. The molecule has 0 saturated carbocycles. The normalized spacial score (nSPS) is 17.1. The third-order valence-corrected chi connectivity index (χ3v) is 4.22. The molecule has 1 fully saturated rings. The summed E-state index contributed by atoms with van der Waals surface area (Å²) in [7, 11) is 0. The van der Waals surface area contributed by atoms with E-state index in [9.17, 15) is 18.0 Å². The van der Waals surface area contributed by atoms with E-state index in [0.717, 1.165) is 25.5 Å². The number of nitrogens with one attached hydrogen (secondary N) is 2. The van der Waals surface area contributed by atoms with Crippen molar-refractivity contribution in [1.29, 1.82) is 0 Å². The van der Waals surface area contributed by atoms with Crippen LogP contribution in [0.25, 0.3) is 0 Å². The SMILES string of the molecule is O=C(Nc1ccc(OCc2ccccc2C(F)(F)F)cc1)C1CCCN1. The van der Waals surface area contributed by atoms with Crippen molar-refractivity contribution >= 4 is 11.6 Å². The number of rotatable bonds is 5. The second-order valence-electron chi connectivity index (χ2n) is 6.11. The van der Waals surface area contributed by atoms with Gasteiger partial charge in [0.05, 0.1) is 11.6 Å². The Morgan fingerprint density at radius 2 is 1.88 bits per heavy atom. The summed E-state index contributed by atoms with van der Waals surface area (Å²) < 4.78 is 44.4. The van der Waals surface area contributed by atoms with Crippen LogP contribution >= 0.6 is 0 Å². The van der Waals surface area contributed by atoms with Gasteiger partial charge in [0.2, 0.25) is 5.91 Å². The maximum Gasteiger partial charge on any atom is 0.416 e. The van der Waals surface area contributed by atoms with E-state index in [1.165, 1.54) is 12.1 Å². The standard InChI is InChI=1S/C19H19F3N2O2/c20-19(21,22)16-5-2-1-4-13(16)12-26-15-9-7-14(8-10-15)24-18(25)17-6-3-11-23-17/h1-2,4-5,7-10,17,23H,3,6,11-12H2,(H,24,25). The molecule has 0 radical (unpaired) electrons. The average Bonchev–Trinajstić information content (AvgIpc) is 3.15. The van der Waals surface area contributed by atoms with E-state index in [-0.39, 0.29) is 24.1 Å². The third kappa shape index (κ3) is 4.54. The molecule has 0 bridgehead atoms. The molecule has 1 saturated heterocycles. The van der Waals surface area contributed by atoms with Crippen molar-refractivity contribution < 1.29 is 22.7 Å². The number of hydrogen-bond donors (Lipinski definition) is 2. The highest BCUT2D eigenvalue weighted by Gasteiger charge is 2.33. The number of carbonyl (C=O) groups excluding carboxylic acids is 1. The van der Waals surface area contributed by atoms with E-state index in [0.29, 0.717) is 11.4 Å². The van der Waals surface area contributed by atoms with Gasteiger partial charge in [-0.1, -0.05) is 18.2 Å². The quantitative estimate of drug-likeness (QED) is 0.844. The summed E-state index contributed by atoms with van der Waals surface area (Å²) in [6.07, 6.45) is -2.63. The predicted octanol–water partition coefficient (Wildman–Crippen LogP) is 3.97. The van der Waals surface area contributed by atoms with Crippen LogP contribution in [0.3, 0.4) is 0 Å². The Bertz CT molecular complexity index is 754. The van der Waals surface area contributed by atoms with Crippen LogP contribution in [0.15, 0.2) is 48.5 Å². The number of anilines is 1. The van der Waals surface area contributed by atoms with E-state index in [2.05, 4.69) is 10.6 Å². The van der Waals surface area contributed by atoms with Gasteiger partial charge in [0.1, 0.15) is 12.4 Å². The van der Waals surface area contributed by atoms with Gasteiger partial charge in [-0.15, -0.1) is 0 Å². The Hall–Kier alpha value is -2.54. The van der Waals surface area contributed by atoms with Gasteiger partial charge < -0.3 is 15.4 Å². The fraction of sp³-hybridized carbons (Fsp3) is 0.316. The Morgan fingerprint density at radius 3 is 2.54 bits per heavy atom. The smallest absolute Gasteiger partial charge is 0.416 e. The van der Waals surface area contributed by atoms with Gasteiger partial charge in [-0.3, -0.25) is 4.79 Å². The molecule has 2 N–H and O–H groups in total. The summed E-state index contributed by atoms with van der Waals surface area (Å²) >= 11 is 0. The van der Waals surface area contributed by atoms with Crippen LogP contribution in [0.5, 0.6) is 5.75 Å². The minimum atomic E-state index is -4.41. The first-order valence-corrected chi connectivity index (χ1v) is 8.36. The monoisotopic (exact) mass is 364 g/mol. The molecule has 0 aliphatic carbocycles. The number of hydrogen-bond acceptors (Lipinski definition) is 3. The summed E-state index contributed by atoms with van der Waals surface area (Å²) in [5.41, 5.74) is -0.00984. The number of amides is 1. The van der Waals surface area contributed by atoms with E-state index in [1.54, 1.807) is 30.3 Å². The molecule has 4 nitrogen and oxygen atoms in total. The van der Waals surface area contributed by atoms with Gasteiger partial charge in [-0.25, -0.2) is 0 Å². The fourth-order valence-electron chi connectivity index (χ4n) is 2.86.